The molecule has 0 bridgehead atoms. The average Bonchev–Trinajstić information content (AvgIpc) is 2.25. The number of fused-ring (bicyclic) bond motifs is 1. The molecule has 0 spiro atoms. The van der Waals surface area contributed by atoms with Crippen LogP contribution in [0.25, 0.3) is 11.0 Å². The summed E-state index contributed by atoms with van der Waals surface area (Å²) < 4.78 is 14.8. The molecule has 90 valence electrons. The fourth-order valence-corrected chi connectivity index (χ4v) is 1.66. The Hall–Kier alpha value is -1.98. The number of H-pyrrole nitrogens is 1. The number of nitrogens with zero attached hydrogens (tertiary/aromatic N) is 2. The third kappa shape index (κ3) is 1.75. The Morgan fingerprint density at radius 1 is 1.41 bits per heavy atom. The number of pyridine rings is 1. The molecule has 1 N–H and O–H groups in total. The van der Waals surface area contributed by atoms with Gasteiger partial charge in [0.1, 0.15) is 5.65 Å². The molecular weight excluding hydrogens is 225 g/mol. The van der Waals surface area contributed by atoms with Crippen LogP contribution in [0.3, 0.4) is 0 Å². The number of aryl methyl sites for hydroxylation is 1. The molecule has 0 radical (unpaired) electrons. The second kappa shape index (κ2) is 3.80. The van der Waals surface area contributed by atoms with E-state index in [-0.39, 0.29) is 17.3 Å². The van der Waals surface area contributed by atoms with Crippen LogP contribution in [0.15, 0.2) is 15.8 Å². The van der Waals surface area contributed by atoms with E-state index < -0.39 is 17.1 Å². The lowest BCUT2D eigenvalue weighted by Crippen LogP contribution is -2.26. The Balaban J connectivity index is 2.95. The number of aromatic amines is 1. The molecule has 0 aromatic carbocycles. The van der Waals surface area contributed by atoms with Crippen LogP contribution in [-0.4, -0.2) is 14.5 Å². The van der Waals surface area contributed by atoms with E-state index in [0.29, 0.717) is 5.39 Å². The molecule has 0 saturated heterocycles. The van der Waals surface area contributed by atoms with Crippen LogP contribution >= 0.6 is 0 Å². The van der Waals surface area contributed by atoms with E-state index in [1.54, 1.807) is 0 Å². The minimum atomic E-state index is -0.857. The van der Waals surface area contributed by atoms with Gasteiger partial charge < -0.3 is 4.98 Å². The van der Waals surface area contributed by atoms with E-state index in [9.17, 15) is 14.0 Å². The molecule has 2 heterocycles. The summed E-state index contributed by atoms with van der Waals surface area (Å²) in [6.45, 7) is 5.14. The van der Waals surface area contributed by atoms with Gasteiger partial charge in [0.15, 0.2) is 5.82 Å². The molecule has 0 fully saturated rings. The van der Waals surface area contributed by atoms with Gasteiger partial charge in [-0.25, -0.2) is 9.18 Å². The quantitative estimate of drug-likeness (QED) is 0.807. The van der Waals surface area contributed by atoms with Crippen LogP contribution < -0.4 is 11.2 Å². The molecule has 17 heavy (non-hydrogen) atoms. The van der Waals surface area contributed by atoms with Crippen molar-refractivity contribution < 1.29 is 4.39 Å². The van der Waals surface area contributed by atoms with Gasteiger partial charge in [-0.15, -0.1) is 0 Å². The largest absolute Gasteiger partial charge is 0.349 e. The van der Waals surface area contributed by atoms with Crippen molar-refractivity contribution in [2.24, 2.45) is 0 Å². The minimum absolute atomic E-state index is 0.0752. The molecular formula is C11H12FN3O2. The van der Waals surface area contributed by atoms with Gasteiger partial charge in [0.05, 0.1) is 0 Å². The fraction of sp³-hybridized carbons (Fsp3) is 0.364. The highest BCUT2D eigenvalue weighted by molar-refractivity contribution is 5.77. The van der Waals surface area contributed by atoms with Crippen LogP contribution in [0.4, 0.5) is 4.39 Å². The predicted molar refractivity (Wildman–Crippen MR) is 61.7 cm³/mol. The zero-order valence-corrected chi connectivity index (χ0v) is 9.74. The Kier molecular flexibility index (Phi) is 2.57. The second-order valence-corrected chi connectivity index (χ2v) is 4.18. The van der Waals surface area contributed by atoms with Crippen molar-refractivity contribution in [3.8, 4) is 0 Å². The zero-order valence-electron chi connectivity index (χ0n) is 9.74. The van der Waals surface area contributed by atoms with E-state index in [4.69, 9.17) is 0 Å². The van der Waals surface area contributed by atoms with Gasteiger partial charge in [0.25, 0.3) is 5.56 Å². The Morgan fingerprint density at radius 2 is 2.06 bits per heavy atom. The molecule has 5 nitrogen and oxygen atoms in total. The summed E-state index contributed by atoms with van der Waals surface area (Å²) in [7, 11) is 0. The van der Waals surface area contributed by atoms with Crippen molar-refractivity contribution in [3.63, 3.8) is 0 Å². The van der Waals surface area contributed by atoms with Crippen LogP contribution in [-0.2, 0) is 0 Å². The molecule has 2 aromatic rings. The normalized spacial score (nSPS) is 11.4. The third-order valence-electron chi connectivity index (χ3n) is 2.67. The van der Waals surface area contributed by atoms with Gasteiger partial charge in [-0.3, -0.25) is 9.36 Å². The molecule has 0 amide bonds. The topological polar surface area (TPSA) is 67.8 Å². The molecule has 2 rings (SSSR count). The zero-order chi connectivity index (χ0) is 12.7. The van der Waals surface area contributed by atoms with Gasteiger partial charge in [0, 0.05) is 23.2 Å². The standard InChI is InChI=1S/C11H12FN3O2/c1-5(2)15-4-7-6(3)8(12)10(16)13-9(7)14-11(15)17/h4-5H,1-3H3,(H,13,14,16,17). The monoisotopic (exact) mass is 237 g/mol. The lowest BCUT2D eigenvalue weighted by Gasteiger charge is -2.10. The fourth-order valence-electron chi connectivity index (χ4n) is 1.66. The number of hydrogen-bond acceptors (Lipinski definition) is 3. The van der Waals surface area contributed by atoms with Crippen molar-refractivity contribution >= 4 is 11.0 Å². The van der Waals surface area contributed by atoms with Gasteiger partial charge in [0.2, 0.25) is 0 Å². The summed E-state index contributed by atoms with van der Waals surface area (Å²) in [6.07, 6.45) is 1.52. The average molecular weight is 237 g/mol. The van der Waals surface area contributed by atoms with Crippen molar-refractivity contribution in [3.05, 3.63) is 38.4 Å². The molecule has 0 aliphatic heterocycles. The summed E-state index contributed by atoms with van der Waals surface area (Å²) in [5, 5.41) is 0.440. The van der Waals surface area contributed by atoms with E-state index in [1.807, 2.05) is 13.8 Å². The Labute approximate surface area is 95.9 Å². The van der Waals surface area contributed by atoms with Crippen molar-refractivity contribution in [1.82, 2.24) is 14.5 Å². The van der Waals surface area contributed by atoms with Gasteiger partial charge in [-0.05, 0) is 20.8 Å². The number of rotatable bonds is 1. The van der Waals surface area contributed by atoms with E-state index in [1.165, 1.54) is 17.7 Å². The second-order valence-electron chi connectivity index (χ2n) is 4.18. The lowest BCUT2D eigenvalue weighted by molar-refractivity contribution is 0.565. The van der Waals surface area contributed by atoms with Gasteiger partial charge >= 0.3 is 5.69 Å². The number of hydrogen-bond donors (Lipinski definition) is 1. The summed E-state index contributed by atoms with van der Waals surface area (Å²) >= 11 is 0. The summed E-state index contributed by atoms with van der Waals surface area (Å²) in [4.78, 5) is 28.8. The van der Waals surface area contributed by atoms with Crippen molar-refractivity contribution in [2.75, 3.05) is 0 Å². The van der Waals surface area contributed by atoms with Crippen LogP contribution in [0.2, 0.25) is 0 Å². The minimum Gasteiger partial charge on any atom is -0.304 e. The molecule has 0 saturated carbocycles. The van der Waals surface area contributed by atoms with E-state index in [0.717, 1.165) is 0 Å². The van der Waals surface area contributed by atoms with Crippen molar-refractivity contribution in [1.29, 1.82) is 0 Å². The third-order valence-corrected chi connectivity index (χ3v) is 2.67. The maximum Gasteiger partial charge on any atom is 0.349 e. The first-order chi connectivity index (χ1) is 7.91. The van der Waals surface area contributed by atoms with Crippen LogP contribution in [0, 0.1) is 12.7 Å². The predicted octanol–water partition coefficient (Wildman–Crippen LogP) is 1.11. The number of aromatic nitrogens is 3. The van der Waals surface area contributed by atoms with Gasteiger partial charge in [-0.1, -0.05) is 0 Å². The Bertz CT molecular complexity index is 700. The lowest BCUT2D eigenvalue weighted by atomic mass is 10.2. The molecule has 0 atom stereocenters. The van der Waals surface area contributed by atoms with Crippen molar-refractivity contribution in [2.45, 2.75) is 26.8 Å². The molecule has 0 unspecified atom stereocenters. The molecule has 6 heteroatoms. The Morgan fingerprint density at radius 3 is 2.65 bits per heavy atom. The molecule has 0 aliphatic rings. The van der Waals surface area contributed by atoms with Crippen LogP contribution in [0.5, 0.6) is 0 Å². The van der Waals surface area contributed by atoms with E-state index in [2.05, 4.69) is 9.97 Å². The summed E-state index contributed by atoms with van der Waals surface area (Å²) in [6, 6.07) is -0.0752. The van der Waals surface area contributed by atoms with Gasteiger partial charge in [-0.2, -0.15) is 4.98 Å². The summed E-state index contributed by atoms with van der Waals surface area (Å²) in [5.41, 5.74) is -1.00. The highest BCUT2D eigenvalue weighted by Gasteiger charge is 2.12. The SMILES string of the molecule is Cc1c(F)c(=O)[nH]c2nc(=O)n(C(C)C)cc12. The first-order valence-electron chi connectivity index (χ1n) is 5.23. The molecule has 0 aliphatic carbocycles. The molecule has 2 aromatic heterocycles. The first kappa shape index (κ1) is 11.5. The van der Waals surface area contributed by atoms with Crippen LogP contribution in [0.1, 0.15) is 25.5 Å². The van der Waals surface area contributed by atoms with E-state index >= 15 is 0 Å². The highest BCUT2D eigenvalue weighted by atomic mass is 19.1. The highest BCUT2D eigenvalue weighted by Crippen LogP contribution is 2.14. The maximum absolute atomic E-state index is 13.4. The smallest absolute Gasteiger partial charge is 0.304 e. The number of nitrogens with one attached hydrogen (secondary N) is 1. The maximum atomic E-state index is 13.4. The first-order valence-corrected chi connectivity index (χ1v) is 5.23. The number of halogens is 1. The summed E-state index contributed by atoms with van der Waals surface area (Å²) in [5.74, 6) is -0.840.